The summed E-state index contributed by atoms with van der Waals surface area (Å²) in [6, 6.07) is 12.6. The van der Waals surface area contributed by atoms with Crippen LogP contribution in [-0.4, -0.2) is 25.1 Å². The minimum atomic E-state index is 0.0244. The Balaban J connectivity index is 1.97. The number of rotatable bonds is 2. The summed E-state index contributed by atoms with van der Waals surface area (Å²) >= 11 is 0. The molecule has 1 aliphatic heterocycles. The summed E-state index contributed by atoms with van der Waals surface area (Å²) in [5, 5.41) is 0. The molecular formula is C16H20N4. The first-order chi connectivity index (χ1) is 9.66. The molecule has 0 saturated heterocycles. The Morgan fingerprint density at radius 1 is 1.10 bits per heavy atom. The number of hydrogen-bond acceptors (Lipinski definition) is 4. The molecule has 0 fully saturated rings. The molecule has 0 saturated carbocycles. The molecule has 2 heterocycles. The van der Waals surface area contributed by atoms with Crippen molar-refractivity contribution in [2.45, 2.75) is 13.0 Å². The molecule has 1 aromatic heterocycles. The van der Waals surface area contributed by atoms with E-state index in [1.807, 2.05) is 13.1 Å². The van der Waals surface area contributed by atoms with Gasteiger partial charge in [-0.2, -0.15) is 0 Å². The van der Waals surface area contributed by atoms with Gasteiger partial charge in [0.25, 0.3) is 0 Å². The molecule has 2 aromatic rings. The number of aromatic nitrogens is 1. The van der Waals surface area contributed by atoms with Crippen LogP contribution in [0.2, 0.25) is 0 Å². The van der Waals surface area contributed by atoms with Crippen LogP contribution in [0.25, 0.3) is 0 Å². The Morgan fingerprint density at radius 3 is 2.50 bits per heavy atom. The maximum absolute atomic E-state index is 5.88. The number of para-hydroxylation sites is 2. The number of hydrogen-bond donors (Lipinski definition) is 1. The van der Waals surface area contributed by atoms with E-state index in [-0.39, 0.29) is 6.04 Å². The summed E-state index contributed by atoms with van der Waals surface area (Å²) in [6.07, 6.45) is 1.88. The number of nitrogens with zero attached hydrogens (tertiary/aromatic N) is 3. The Morgan fingerprint density at radius 2 is 1.85 bits per heavy atom. The summed E-state index contributed by atoms with van der Waals surface area (Å²) in [6.45, 7) is 3.91. The number of anilines is 3. The largest absolute Gasteiger partial charge is 0.371 e. The molecule has 0 bridgehead atoms. The van der Waals surface area contributed by atoms with Crippen LogP contribution >= 0.6 is 0 Å². The van der Waals surface area contributed by atoms with Gasteiger partial charge in [0.1, 0.15) is 5.82 Å². The molecule has 1 aliphatic rings. The van der Waals surface area contributed by atoms with Crippen molar-refractivity contribution in [1.82, 2.24) is 4.98 Å². The van der Waals surface area contributed by atoms with E-state index >= 15 is 0 Å². The van der Waals surface area contributed by atoms with Crippen molar-refractivity contribution in [1.29, 1.82) is 0 Å². The Bertz CT molecular complexity index is 592. The average Bonchev–Trinajstić information content (AvgIpc) is 2.48. The molecule has 4 heteroatoms. The highest BCUT2D eigenvalue weighted by molar-refractivity contribution is 5.78. The number of fused-ring (bicyclic) bond motifs is 1. The highest BCUT2D eigenvalue weighted by atomic mass is 15.3. The van der Waals surface area contributed by atoms with Gasteiger partial charge >= 0.3 is 0 Å². The molecule has 3 rings (SSSR count). The van der Waals surface area contributed by atoms with Crippen molar-refractivity contribution >= 4 is 17.2 Å². The van der Waals surface area contributed by atoms with Gasteiger partial charge in [-0.15, -0.1) is 0 Å². The average molecular weight is 268 g/mol. The van der Waals surface area contributed by atoms with Gasteiger partial charge < -0.3 is 15.5 Å². The first-order valence-electron chi connectivity index (χ1n) is 6.96. The van der Waals surface area contributed by atoms with Gasteiger partial charge in [0, 0.05) is 32.4 Å². The van der Waals surface area contributed by atoms with E-state index in [1.54, 1.807) is 0 Å². The second-order valence-corrected chi connectivity index (χ2v) is 5.30. The Hall–Kier alpha value is -2.07. The van der Waals surface area contributed by atoms with Gasteiger partial charge in [0.05, 0.1) is 11.4 Å². The van der Waals surface area contributed by atoms with E-state index in [2.05, 4.69) is 58.2 Å². The van der Waals surface area contributed by atoms with Crippen molar-refractivity contribution in [3.8, 4) is 0 Å². The highest BCUT2D eigenvalue weighted by Gasteiger charge is 2.21. The third-order valence-corrected chi connectivity index (χ3v) is 3.82. The maximum atomic E-state index is 5.88. The van der Waals surface area contributed by atoms with Crippen LogP contribution in [0.4, 0.5) is 17.2 Å². The lowest BCUT2D eigenvalue weighted by atomic mass is 10.1. The van der Waals surface area contributed by atoms with Crippen LogP contribution in [0, 0.1) is 0 Å². The van der Waals surface area contributed by atoms with Crippen molar-refractivity contribution < 1.29 is 0 Å². The number of benzene rings is 1. The fourth-order valence-corrected chi connectivity index (χ4v) is 2.57. The molecule has 0 unspecified atom stereocenters. The van der Waals surface area contributed by atoms with Gasteiger partial charge in [0.2, 0.25) is 0 Å². The standard InChI is InChI=1S/C16H20N4/c1-12(17)13-7-8-16(18-11-13)20-10-9-19(2)14-5-3-4-6-15(14)20/h3-8,11-12H,9-10,17H2,1-2H3/t12-/m0/s1. The molecule has 0 spiro atoms. The summed E-state index contributed by atoms with van der Waals surface area (Å²) in [5.41, 5.74) is 9.40. The zero-order valence-electron chi connectivity index (χ0n) is 12.0. The zero-order chi connectivity index (χ0) is 14.1. The number of nitrogens with two attached hydrogens (primary N) is 1. The topological polar surface area (TPSA) is 45.4 Å². The number of pyridine rings is 1. The summed E-state index contributed by atoms with van der Waals surface area (Å²) in [4.78, 5) is 9.12. The predicted molar refractivity (Wildman–Crippen MR) is 83.6 cm³/mol. The van der Waals surface area contributed by atoms with Gasteiger partial charge in [-0.1, -0.05) is 18.2 Å². The van der Waals surface area contributed by atoms with Crippen molar-refractivity contribution in [2.75, 3.05) is 29.9 Å². The predicted octanol–water partition coefficient (Wildman–Crippen LogP) is 2.69. The lowest BCUT2D eigenvalue weighted by Crippen LogP contribution is -2.36. The van der Waals surface area contributed by atoms with Crippen LogP contribution < -0.4 is 15.5 Å². The van der Waals surface area contributed by atoms with Crippen LogP contribution in [0.15, 0.2) is 42.6 Å². The first-order valence-corrected chi connectivity index (χ1v) is 6.96. The van der Waals surface area contributed by atoms with Gasteiger partial charge in [-0.05, 0) is 30.7 Å². The smallest absolute Gasteiger partial charge is 0.133 e. The van der Waals surface area contributed by atoms with Crippen LogP contribution in [0.3, 0.4) is 0 Å². The van der Waals surface area contributed by atoms with Gasteiger partial charge in [-0.25, -0.2) is 4.98 Å². The molecule has 1 atom stereocenters. The normalized spacial score (nSPS) is 15.9. The lowest BCUT2D eigenvalue weighted by molar-refractivity contribution is 0.797. The second kappa shape index (κ2) is 5.13. The minimum absolute atomic E-state index is 0.0244. The highest BCUT2D eigenvalue weighted by Crippen LogP contribution is 2.35. The Labute approximate surface area is 119 Å². The maximum Gasteiger partial charge on any atom is 0.133 e. The molecule has 2 N–H and O–H groups in total. The van der Waals surface area contributed by atoms with Crippen LogP contribution in [-0.2, 0) is 0 Å². The van der Waals surface area contributed by atoms with E-state index in [0.29, 0.717) is 0 Å². The van der Waals surface area contributed by atoms with Crippen LogP contribution in [0.5, 0.6) is 0 Å². The van der Waals surface area contributed by atoms with Crippen molar-refractivity contribution in [3.05, 3.63) is 48.2 Å². The molecule has 104 valence electrons. The fourth-order valence-electron chi connectivity index (χ4n) is 2.57. The molecular weight excluding hydrogens is 248 g/mol. The Kier molecular flexibility index (Phi) is 3.32. The third kappa shape index (κ3) is 2.23. The summed E-state index contributed by atoms with van der Waals surface area (Å²) < 4.78 is 0. The molecule has 0 aliphatic carbocycles. The van der Waals surface area contributed by atoms with E-state index < -0.39 is 0 Å². The van der Waals surface area contributed by atoms with E-state index in [1.165, 1.54) is 11.4 Å². The quantitative estimate of drug-likeness (QED) is 0.909. The van der Waals surface area contributed by atoms with Gasteiger partial charge in [-0.3, -0.25) is 0 Å². The molecule has 1 aromatic carbocycles. The first kappa shape index (κ1) is 12.9. The summed E-state index contributed by atoms with van der Waals surface area (Å²) in [7, 11) is 2.13. The van der Waals surface area contributed by atoms with Gasteiger partial charge in [0.15, 0.2) is 0 Å². The lowest BCUT2D eigenvalue weighted by Gasteiger charge is -2.36. The third-order valence-electron chi connectivity index (χ3n) is 3.82. The molecule has 4 nitrogen and oxygen atoms in total. The molecule has 0 amide bonds. The fraction of sp³-hybridized carbons (Fsp3) is 0.312. The SMILES string of the molecule is C[C@H](N)c1ccc(N2CCN(C)c3ccccc32)nc1. The summed E-state index contributed by atoms with van der Waals surface area (Å²) in [5.74, 6) is 0.981. The van der Waals surface area contributed by atoms with Crippen LogP contribution in [0.1, 0.15) is 18.5 Å². The van der Waals surface area contributed by atoms with E-state index in [4.69, 9.17) is 5.73 Å². The number of likely N-dealkylation sites (N-methyl/N-ethyl adjacent to an activating group) is 1. The van der Waals surface area contributed by atoms with E-state index in [9.17, 15) is 0 Å². The molecule has 0 radical (unpaired) electrons. The zero-order valence-corrected chi connectivity index (χ0v) is 12.0. The minimum Gasteiger partial charge on any atom is -0.371 e. The molecule has 20 heavy (non-hydrogen) atoms. The van der Waals surface area contributed by atoms with Crippen molar-refractivity contribution in [3.63, 3.8) is 0 Å². The van der Waals surface area contributed by atoms with E-state index in [0.717, 1.165) is 24.5 Å². The monoisotopic (exact) mass is 268 g/mol. The second-order valence-electron chi connectivity index (χ2n) is 5.30. The van der Waals surface area contributed by atoms with Crippen molar-refractivity contribution in [2.24, 2.45) is 5.73 Å².